The highest BCUT2D eigenvalue weighted by Crippen LogP contribution is 2.25. The fourth-order valence-electron chi connectivity index (χ4n) is 2.38. The summed E-state index contributed by atoms with van der Waals surface area (Å²) in [5, 5.41) is 3.55. The summed E-state index contributed by atoms with van der Waals surface area (Å²) in [6.45, 7) is 7.09. The summed E-state index contributed by atoms with van der Waals surface area (Å²) in [5.74, 6) is -0.115. The molecule has 0 spiro atoms. The van der Waals surface area contributed by atoms with Crippen molar-refractivity contribution < 1.29 is 4.39 Å². The van der Waals surface area contributed by atoms with Gasteiger partial charge in [0.1, 0.15) is 5.82 Å². The molecule has 0 fully saturated rings. The van der Waals surface area contributed by atoms with Gasteiger partial charge in [-0.05, 0) is 55.6 Å². The summed E-state index contributed by atoms with van der Waals surface area (Å²) in [5.41, 5.74) is 1.75. The second-order valence-electron chi connectivity index (χ2n) is 5.44. The van der Waals surface area contributed by atoms with E-state index in [1.807, 2.05) is 23.5 Å². The van der Waals surface area contributed by atoms with E-state index in [0.717, 1.165) is 31.4 Å². The van der Waals surface area contributed by atoms with Crippen LogP contribution in [0, 0.1) is 12.7 Å². The Bertz CT molecular complexity index is 576. The van der Waals surface area contributed by atoms with Crippen molar-refractivity contribution in [2.75, 3.05) is 6.54 Å². The maximum absolute atomic E-state index is 13.8. The van der Waals surface area contributed by atoms with Crippen LogP contribution in [-0.2, 0) is 12.8 Å². The number of aryl methyl sites for hydroxylation is 2. The molecule has 0 radical (unpaired) electrons. The van der Waals surface area contributed by atoms with Crippen LogP contribution in [0.3, 0.4) is 0 Å². The lowest BCUT2D eigenvalue weighted by molar-refractivity contribution is 0.526. The molecule has 1 unspecified atom stereocenters. The Morgan fingerprint density at radius 3 is 2.52 bits per heavy atom. The van der Waals surface area contributed by atoms with Gasteiger partial charge in [0.05, 0.1) is 0 Å². The molecule has 1 aromatic carbocycles. The van der Waals surface area contributed by atoms with Crippen molar-refractivity contribution in [2.45, 2.75) is 46.1 Å². The largest absolute Gasteiger partial charge is 0.310 e. The zero-order chi connectivity index (χ0) is 15.2. The molecule has 0 amide bonds. The molecule has 1 atom stereocenters. The van der Waals surface area contributed by atoms with Gasteiger partial charge >= 0.3 is 0 Å². The Kier molecular flexibility index (Phi) is 5.95. The first-order valence-corrected chi connectivity index (χ1v) is 8.52. The quantitative estimate of drug-likeness (QED) is 0.755. The Labute approximate surface area is 131 Å². The number of benzene rings is 1. The highest BCUT2D eigenvalue weighted by Gasteiger charge is 2.14. The minimum atomic E-state index is -0.115. The van der Waals surface area contributed by atoms with Crippen LogP contribution in [0.2, 0.25) is 0 Å². The monoisotopic (exact) mass is 305 g/mol. The van der Waals surface area contributed by atoms with E-state index in [0.29, 0.717) is 5.56 Å². The van der Waals surface area contributed by atoms with E-state index >= 15 is 0 Å². The molecule has 0 bridgehead atoms. The lowest BCUT2D eigenvalue weighted by Crippen LogP contribution is -2.24. The van der Waals surface area contributed by atoms with Gasteiger partial charge < -0.3 is 5.32 Å². The Morgan fingerprint density at radius 2 is 1.90 bits per heavy atom. The molecule has 114 valence electrons. The normalized spacial score (nSPS) is 12.6. The van der Waals surface area contributed by atoms with Crippen LogP contribution >= 0.6 is 11.3 Å². The molecule has 1 nitrogen and oxygen atoms in total. The first-order valence-electron chi connectivity index (χ1n) is 7.71. The van der Waals surface area contributed by atoms with E-state index in [-0.39, 0.29) is 11.9 Å². The Morgan fingerprint density at radius 1 is 1.14 bits per heavy atom. The van der Waals surface area contributed by atoms with Gasteiger partial charge in [0.25, 0.3) is 0 Å². The molecule has 0 aliphatic heterocycles. The van der Waals surface area contributed by atoms with Gasteiger partial charge in [-0.1, -0.05) is 26.0 Å². The van der Waals surface area contributed by atoms with Crippen molar-refractivity contribution in [1.82, 2.24) is 5.32 Å². The maximum Gasteiger partial charge on any atom is 0.126 e. The van der Waals surface area contributed by atoms with Crippen molar-refractivity contribution in [1.29, 1.82) is 0 Å². The summed E-state index contributed by atoms with van der Waals surface area (Å²) in [6.07, 6.45) is 3.08. The average molecular weight is 305 g/mol. The molecule has 2 aromatic rings. The summed E-state index contributed by atoms with van der Waals surface area (Å²) >= 11 is 1.86. The molecule has 0 aliphatic rings. The van der Waals surface area contributed by atoms with Gasteiger partial charge in [-0.15, -0.1) is 11.3 Å². The van der Waals surface area contributed by atoms with E-state index in [4.69, 9.17) is 0 Å². The zero-order valence-electron chi connectivity index (χ0n) is 13.1. The molecule has 21 heavy (non-hydrogen) atoms. The van der Waals surface area contributed by atoms with E-state index in [2.05, 4.69) is 31.3 Å². The predicted molar refractivity (Wildman–Crippen MR) is 89.6 cm³/mol. The van der Waals surface area contributed by atoms with Crippen LogP contribution in [0.4, 0.5) is 4.39 Å². The van der Waals surface area contributed by atoms with Crippen LogP contribution in [-0.4, -0.2) is 6.54 Å². The summed E-state index contributed by atoms with van der Waals surface area (Å²) < 4.78 is 13.8. The summed E-state index contributed by atoms with van der Waals surface area (Å²) in [4.78, 5) is 2.77. The minimum Gasteiger partial charge on any atom is -0.310 e. The number of hydrogen-bond acceptors (Lipinski definition) is 2. The van der Waals surface area contributed by atoms with Crippen LogP contribution in [0.15, 0.2) is 30.3 Å². The highest BCUT2D eigenvalue weighted by atomic mass is 32.1. The molecule has 3 heteroatoms. The van der Waals surface area contributed by atoms with Gasteiger partial charge in [0.15, 0.2) is 0 Å². The van der Waals surface area contributed by atoms with E-state index in [9.17, 15) is 4.39 Å². The van der Waals surface area contributed by atoms with Gasteiger partial charge in [0, 0.05) is 22.2 Å². The number of thiophene rings is 1. The molecular weight excluding hydrogens is 281 g/mol. The van der Waals surface area contributed by atoms with Crippen molar-refractivity contribution in [3.8, 4) is 0 Å². The number of halogens is 1. The maximum atomic E-state index is 13.8. The number of nitrogens with one attached hydrogen (secondary N) is 1. The van der Waals surface area contributed by atoms with Gasteiger partial charge in [0.2, 0.25) is 0 Å². The molecular formula is C18H24FNS. The Balaban J connectivity index is 2.18. The average Bonchev–Trinajstić information content (AvgIpc) is 2.94. The second kappa shape index (κ2) is 7.71. The topological polar surface area (TPSA) is 12.0 Å². The third-order valence-electron chi connectivity index (χ3n) is 3.71. The molecule has 0 aliphatic carbocycles. The first kappa shape index (κ1) is 16.2. The summed E-state index contributed by atoms with van der Waals surface area (Å²) in [7, 11) is 0. The molecule has 1 heterocycles. The van der Waals surface area contributed by atoms with Gasteiger partial charge in [-0.25, -0.2) is 4.39 Å². The van der Waals surface area contributed by atoms with Crippen LogP contribution in [0.5, 0.6) is 0 Å². The first-order chi connectivity index (χ1) is 10.1. The van der Waals surface area contributed by atoms with E-state index in [1.165, 1.54) is 9.75 Å². The van der Waals surface area contributed by atoms with E-state index < -0.39 is 0 Å². The minimum absolute atomic E-state index is 0.115. The molecule has 1 N–H and O–H groups in total. The third-order valence-corrected chi connectivity index (χ3v) is 4.96. The fourth-order valence-corrected chi connectivity index (χ4v) is 3.38. The number of hydrogen-bond donors (Lipinski definition) is 1. The third kappa shape index (κ3) is 4.39. The highest BCUT2D eigenvalue weighted by molar-refractivity contribution is 7.11. The SMILES string of the molecule is CCCNC(Cc1ccc(CC)s1)c1ccc(C)c(F)c1. The molecule has 2 rings (SSSR count). The predicted octanol–water partition coefficient (Wildman–Crippen LogP) is 5.04. The lowest BCUT2D eigenvalue weighted by atomic mass is 10.0. The standard InChI is InChI=1S/C18H24FNS/c1-4-10-20-18(12-16-9-8-15(5-2)21-16)14-7-6-13(3)17(19)11-14/h6-9,11,18,20H,4-5,10,12H2,1-3H3. The molecule has 0 saturated carbocycles. The molecule has 1 aromatic heterocycles. The van der Waals surface area contributed by atoms with Crippen molar-refractivity contribution in [3.63, 3.8) is 0 Å². The van der Waals surface area contributed by atoms with Crippen LogP contribution < -0.4 is 5.32 Å². The lowest BCUT2D eigenvalue weighted by Gasteiger charge is -2.19. The van der Waals surface area contributed by atoms with Crippen molar-refractivity contribution in [3.05, 3.63) is 57.0 Å². The van der Waals surface area contributed by atoms with Gasteiger partial charge in [-0.2, -0.15) is 0 Å². The van der Waals surface area contributed by atoms with Crippen molar-refractivity contribution in [2.24, 2.45) is 0 Å². The molecule has 0 saturated heterocycles. The van der Waals surface area contributed by atoms with E-state index in [1.54, 1.807) is 13.0 Å². The summed E-state index contributed by atoms with van der Waals surface area (Å²) in [6, 6.07) is 10.2. The zero-order valence-corrected chi connectivity index (χ0v) is 13.9. The smallest absolute Gasteiger partial charge is 0.126 e. The Hall–Kier alpha value is -1.19. The number of rotatable bonds is 7. The van der Waals surface area contributed by atoms with Gasteiger partial charge in [-0.3, -0.25) is 0 Å². The van der Waals surface area contributed by atoms with Crippen molar-refractivity contribution >= 4 is 11.3 Å². The second-order valence-corrected chi connectivity index (χ2v) is 6.69. The fraction of sp³-hybridized carbons (Fsp3) is 0.444. The van der Waals surface area contributed by atoms with Crippen LogP contribution in [0.25, 0.3) is 0 Å². The van der Waals surface area contributed by atoms with Crippen LogP contribution in [0.1, 0.15) is 47.2 Å².